The first-order valence-corrected chi connectivity index (χ1v) is 13.0. The van der Waals surface area contributed by atoms with Crippen LogP contribution in [0.25, 0.3) is 22.3 Å². The van der Waals surface area contributed by atoms with Gasteiger partial charge in [-0.15, -0.1) is 0 Å². The van der Waals surface area contributed by atoms with Crippen LogP contribution in [0.2, 0.25) is 0 Å². The molecule has 0 saturated carbocycles. The summed E-state index contributed by atoms with van der Waals surface area (Å²) in [6, 6.07) is 5.62. The molecule has 0 saturated heterocycles. The standard InChI is InChI=1S/C28H31N3O6/c1-4-15(3)11-29-7-6-16-17-8-23-24(37-14-36-23)10-21(17)30-25-18(16)12-31-22(25)9-20-19(26(31)32)13-35-27(33)28(20,34)5-2/h8-10,15,29,34H,4-7,11-14H2,1-3H3/t15?,28-/m0/s1. The van der Waals surface area contributed by atoms with E-state index in [9.17, 15) is 14.7 Å². The first-order valence-electron chi connectivity index (χ1n) is 13.0. The highest BCUT2D eigenvalue weighted by Gasteiger charge is 2.45. The van der Waals surface area contributed by atoms with E-state index in [4.69, 9.17) is 19.2 Å². The van der Waals surface area contributed by atoms with Crippen LogP contribution in [0, 0.1) is 5.92 Å². The zero-order chi connectivity index (χ0) is 25.9. The van der Waals surface area contributed by atoms with Crippen LogP contribution in [-0.2, 0) is 34.7 Å². The summed E-state index contributed by atoms with van der Waals surface area (Å²) in [5.74, 6) is 1.20. The van der Waals surface area contributed by atoms with Gasteiger partial charge in [0.05, 0.1) is 29.0 Å². The van der Waals surface area contributed by atoms with Gasteiger partial charge in [-0.3, -0.25) is 4.79 Å². The normalized spacial score (nSPS) is 19.9. The van der Waals surface area contributed by atoms with Gasteiger partial charge < -0.3 is 29.2 Å². The number of benzene rings is 1. The topological polar surface area (TPSA) is 112 Å². The van der Waals surface area contributed by atoms with Crippen LogP contribution in [0.4, 0.5) is 0 Å². The highest BCUT2D eigenvalue weighted by Crippen LogP contribution is 2.43. The smallest absolute Gasteiger partial charge is 0.343 e. The van der Waals surface area contributed by atoms with Crippen LogP contribution < -0.4 is 20.3 Å². The molecule has 0 radical (unpaired) electrons. The molecule has 0 aliphatic carbocycles. The number of cyclic esters (lactones) is 1. The third kappa shape index (κ3) is 3.63. The summed E-state index contributed by atoms with van der Waals surface area (Å²) in [5.41, 5.74) is 2.67. The van der Waals surface area contributed by atoms with Crippen LogP contribution in [0.5, 0.6) is 11.5 Å². The predicted octanol–water partition coefficient (Wildman–Crippen LogP) is 2.99. The Morgan fingerprint density at radius 3 is 2.68 bits per heavy atom. The Kier molecular flexibility index (Phi) is 5.72. The van der Waals surface area contributed by atoms with Crippen molar-refractivity contribution in [1.82, 2.24) is 14.9 Å². The van der Waals surface area contributed by atoms with Gasteiger partial charge in [0.1, 0.15) is 6.61 Å². The fraction of sp³-hybridized carbons (Fsp3) is 0.464. The number of rotatable bonds is 7. The number of aromatic nitrogens is 2. The van der Waals surface area contributed by atoms with Gasteiger partial charge in [0.15, 0.2) is 17.1 Å². The zero-order valence-electron chi connectivity index (χ0n) is 21.3. The van der Waals surface area contributed by atoms with Crippen LogP contribution in [0.1, 0.15) is 55.9 Å². The van der Waals surface area contributed by atoms with E-state index < -0.39 is 11.6 Å². The van der Waals surface area contributed by atoms with Crippen molar-refractivity contribution >= 4 is 16.9 Å². The molecule has 0 fully saturated rings. The molecule has 6 rings (SSSR count). The van der Waals surface area contributed by atoms with Gasteiger partial charge in [-0.2, -0.15) is 0 Å². The number of nitrogens with one attached hydrogen (secondary N) is 1. The van der Waals surface area contributed by atoms with Crippen molar-refractivity contribution < 1.29 is 24.1 Å². The summed E-state index contributed by atoms with van der Waals surface area (Å²) >= 11 is 0. The second-order valence-corrected chi connectivity index (χ2v) is 10.2. The van der Waals surface area contributed by atoms with Crippen LogP contribution >= 0.6 is 0 Å². The van der Waals surface area contributed by atoms with Gasteiger partial charge in [0.25, 0.3) is 5.56 Å². The molecular formula is C28H31N3O6. The first-order chi connectivity index (χ1) is 17.9. The number of esters is 1. The molecule has 9 nitrogen and oxygen atoms in total. The van der Waals surface area contributed by atoms with E-state index in [-0.39, 0.29) is 25.4 Å². The third-order valence-corrected chi connectivity index (χ3v) is 8.04. The summed E-state index contributed by atoms with van der Waals surface area (Å²) in [6.45, 7) is 8.23. The van der Waals surface area contributed by atoms with E-state index in [2.05, 4.69) is 19.2 Å². The minimum Gasteiger partial charge on any atom is -0.458 e. The Morgan fingerprint density at radius 1 is 1.14 bits per heavy atom. The van der Waals surface area contributed by atoms with Crippen molar-refractivity contribution in [3.8, 4) is 22.9 Å². The average Bonchev–Trinajstić information content (AvgIpc) is 3.51. The molecule has 2 aromatic heterocycles. The summed E-state index contributed by atoms with van der Waals surface area (Å²) < 4.78 is 18.1. The Labute approximate surface area is 214 Å². The van der Waals surface area contributed by atoms with Crippen LogP contribution in [0.3, 0.4) is 0 Å². The summed E-state index contributed by atoms with van der Waals surface area (Å²) in [5, 5.41) is 15.7. The van der Waals surface area contributed by atoms with E-state index in [1.165, 1.54) is 0 Å². The maximum absolute atomic E-state index is 13.6. The third-order valence-electron chi connectivity index (χ3n) is 8.04. The molecule has 0 bridgehead atoms. The zero-order valence-corrected chi connectivity index (χ0v) is 21.3. The number of aliphatic hydroxyl groups is 1. The van der Waals surface area contributed by atoms with E-state index in [1.807, 2.05) is 12.1 Å². The van der Waals surface area contributed by atoms with Crippen LogP contribution in [-0.4, -0.2) is 40.5 Å². The Bertz CT molecular complexity index is 1500. The second-order valence-electron chi connectivity index (χ2n) is 10.2. The molecule has 3 aliphatic heterocycles. The van der Waals surface area contributed by atoms with E-state index >= 15 is 0 Å². The fourth-order valence-electron chi connectivity index (χ4n) is 5.54. The van der Waals surface area contributed by atoms with E-state index in [0.717, 1.165) is 48.0 Å². The number of carbonyl (C=O) groups excluding carboxylic acids is 1. The Hall–Kier alpha value is -3.43. The number of hydrogen-bond acceptors (Lipinski definition) is 8. The van der Waals surface area contributed by atoms with Gasteiger partial charge in [0.2, 0.25) is 6.79 Å². The number of ether oxygens (including phenoxy) is 3. The molecule has 37 heavy (non-hydrogen) atoms. The van der Waals surface area contributed by atoms with Crippen molar-refractivity contribution in [2.45, 2.75) is 58.8 Å². The molecular weight excluding hydrogens is 474 g/mol. The molecule has 9 heteroatoms. The highest BCUT2D eigenvalue weighted by molar-refractivity contribution is 5.91. The second kappa shape index (κ2) is 8.85. The molecule has 5 heterocycles. The predicted molar refractivity (Wildman–Crippen MR) is 137 cm³/mol. The number of pyridine rings is 2. The summed E-state index contributed by atoms with van der Waals surface area (Å²) in [7, 11) is 0. The Balaban J connectivity index is 1.51. The monoisotopic (exact) mass is 505 g/mol. The van der Waals surface area contributed by atoms with Crippen molar-refractivity contribution in [2.24, 2.45) is 5.92 Å². The summed E-state index contributed by atoms with van der Waals surface area (Å²) in [4.78, 5) is 31.1. The van der Waals surface area contributed by atoms with Gasteiger partial charge >= 0.3 is 5.97 Å². The minimum atomic E-state index is -1.85. The van der Waals surface area contributed by atoms with Crippen molar-refractivity contribution in [2.75, 3.05) is 19.9 Å². The lowest BCUT2D eigenvalue weighted by molar-refractivity contribution is -0.172. The van der Waals surface area contributed by atoms with Crippen molar-refractivity contribution in [3.05, 3.63) is 50.8 Å². The maximum atomic E-state index is 13.6. The SMILES string of the molecule is CCC(C)CNCCc1c2c(nc3cc4c(cc13)OCO4)-c1cc3c(c(=O)n1C2)COC(=O)[C@]3(O)CC. The molecule has 1 aromatic carbocycles. The number of carbonyl (C=O) groups is 1. The molecule has 2 N–H and O–H groups in total. The molecule has 0 spiro atoms. The molecule has 3 aliphatic rings. The lowest BCUT2D eigenvalue weighted by Gasteiger charge is -2.31. The fourth-order valence-corrected chi connectivity index (χ4v) is 5.54. The minimum absolute atomic E-state index is 0.107. The van der Waals surface area contributed by atoms with E-state index in [0.29, 0.717) is 46.5 Å². The Morgan fingerprint density at radius 2 is 1.92 bits per heavy atom. The number of nitrogens with zero attached hydrogens (tertiary/aromatic N) is 2. The van der Waals surface area contributed by atoms with Crippen molar-refractivity contribution in [1.29, 1.82) is 0 Å². The lowest BCUT2D eigenvalue weighted by atomic mass is 9.86. The maximum Gasteiger partial charge on any atom is 0.343 e. The van der Waals surface area contributed by atoms with Crippen LogP contribution in [0.15, 0.2) is 23.0 Å². The molecule has 0 amide bonds. The molecule has 1 unspecified atom stereocenters. The first kappa shape index (κ1) is 23.9. The van der Waals surface area contributed by atoms with Crippen molar-refractivity contribution in [3.63, 3.8) is 0 Å². The van der Waals surface area contributed by atoms with Gasteiger partial charge in [-0.25, -0.2) is 9.78 Å². The number of hydrogen-bond donors (Lipinski definition) is 2. The number of fused-ring (bicyclic) bond motifs is 6. The molecule has 2 atom stereocenters. The lowest BCUT2D eigenvalue weighted by Crippen LogP contribution is -2.44. The largest absolute Gasteiger partial charge is 0.458 e. The quantitative estimate of drug-likeness (QED) is 0.291. The average molecular weight is 506 g/mol. The highest BCUT2D eigenvalue weighted by atomic mass is 16.7. The van der Waals surface area contributed by atoms with Gasteiger partial charge in [0, 0.05) is 22.6 Å². The molecule has 3 aromatic rings. The van der Waals surface area contributed by atoms with E-state index in [1.54, 1.807) is 17.6 Å². The molecule has 194 valence electrons. The summed E-state index contributed by atoms with van der Waals surface area (Å²) in [6.07, 6.45) is 1.97. The van der Waals surface area contributed by atoms with Gasteiger partial charge in [-0.1, -0.05) is 27.2 Å². The van der Waals surface area contributed by atoms with Gasteiger partial charge in [-0.05, 0) is 49.5 Å².